The van der Waals surface area contributed by atoms with E-state index < -0.39 is 0 Å². The second-order valence-corrected chi connectivity index (χ2v) is 6.37. The Labute approximate surface area is 127 Å². The number of piperidine rings is 1. The molecule has 2 rings (SSSR count). The van der Waals surface area contributed by atoms with Crippen molar-refractivity contribution >= 4 is 0 Å². The van der Waals surface area contributed by atoms with Gasteiger partial charge in [-0.05, 0) is 52.7 Å². The zero-order chi connectivity index (χ0) is 15.4. The molecule has 21 heavy (non-hydrogen) atoms. The molecule has 1 aromatic heterocycles. The number of aryl methyl sites for hydroxylation is 1. The van der Waals surface area contributed by atoms with Gasteiger partial charge in [-0.1, -0.05) is 0 Å². The molecule has 1 fully saturated rings. The summed E-state index contributed by atoms with van der Waals surface area (Å²) < 4.78 is 5.52. The summed E-state index contributed by atoms with van der Waals surface area (Å²) in [6.07, 6.45) is 2.14. The van der Waals surface area contributed by atoms with Gasteiger partial charge in [-0.25, -0.2) is 0 Å². The first-order valence-corrected chi connectivity index (χ1v) is 7.86. The quantitative estimate of drug-likeness (QED) is 0.857. The van der Waals surface area contributed by atoms with Crippen molar-refractivity contribution in [1.29, 1.82) is 0 Å². The van der Waals surface area contributed by atoms with E-state index in [1.807, 2.05) is 13.8 Å². The third-order valence-electron chi connectivity index (χ3n) is 4.34. The van der Waals surface area contributed by atoms with Crippen LogP contribution in [0.15, 0.2) is 4.42 Å². The number of β-amino-alcohol motifs (C(OH)–C–C–N with tert-alkyl or cyclic N) is 1. The molecule has 120 valence electrons. The first-order valence-electron chi connectivity index (χ1n) is 7.86. The van der Waals surface area contributed by atoms with Crippen molar-refractivity contribution in [2.24, 2.45) is 5.92 Å². The molecule has 1 aromatic rings. The van der Waals surface area contributed by atoms with Gasteiger partial charge in [0, 0.05) is 20.0 Å². The second kappa shape index (κ2) is 7.33. The van der Waals surface area contributed by atoms with Crippen molar-refractivity contribution in [2.75, 3.05) is 33.2 Å². The molecule has 0 amide bonds. The maximum Gasteiger partial charge on any atom is 0.233 e. The van der Waals surface area contributed by atoms with E-state index in [-0.39, 0.29) is 12.1 Å². The van der Waals surface area contributed by atoms with Crippen molar-refractivity contribution < 1.29 is 9.52 Å². The molecule has 2 atom stereocenters. The summed E-state index contributed by atoms with van der Waals surface area (Å²) in [7, 11) is 2.12. The number of aliphatic hydroxyl groups is 1. The van der Waals surface area contributed by atoms with E-state index in [2.05, 4.69) is 34.0 Å². The van der Waals surface area contributed by atoms with Crippen molar-refractivity contribution in [3.63, 3.8) is 0 Å². The van der Waals surface area contributed by atoms with Gasteiger partial charge in [-0.15, -0.1) is 10.2 Å². The van der Waals surface area contributed by atoms with Crippen LogP contribution in [-0.4, -0.2) is 64.4 Å². The second-order valence-electron chi connectivity index (χ2n) is 6.37. The lowest BCUT2D eigenvalue weighted by Crippen LogP contribution is -2.41. The van der Waals surface area contributed by atoms with E-state index >= 15 is 0 Å². The zero-order valence-electron chi connectivity index (χ0n) is 13.6. The molecule has 0 spiro atoms. The molecule has 1 saturated heterocycles. The van der Waals surface area contributed by atoms with Gasteiger partial charge in [0.05, 0.1) is 12.1 Å². The summed E-state index contributed by atoms with van der Waals surface area (Å²) >= 11 is 0. The Balaban J connectivity index is 1.77. The van der Waals surface area contributed by atoms with Gasteiger partial charge in [-0.2, -0.15) is 0 Å². The number of likely N-dealkylation sites (tertiary alicyclic amines) is 1. The van der Waals surface area contributed by atoms with Crippen molar-refractivity contribution in [2.45, 2.75) is 45.8 Å². The lowest BCUT2D eigenvalue weighted by Gasteiger charge is -2.35. The number of nitrogens with zero attached hydrogens (tertiary/aromatic N) is 4. The summed E-state index contributed by atoms with van der Waals surface area (Å²) in [4.78, 5) is 4.65. The van der Waals surface area contributed by atoms with Crippen molar-refractivity contribution in [3.8, 4) is 0 Å². The van der Waals surface area contributed by atoms with E-state index in [0.717, 1.165) is 26.2 Å². The molecule has 0 bridgehead atoms. The Morgan fingerprint density at radius 3 is 2.52 bits per heavy atom. The molecule has 2 heterocycles. The fourth-order valence-corrected chi connectivity index (χ4v) is 2.96. The van der Waals surface area contributed by atoms with Crippen LogP contribution >= 0.6 is 0 Å². The monoisotopic (exact) mass is 296 g/mol. The maximum atomic E-state index is 9.44. The fraction of sp³-hybridized carbons (Fsp3) is 0.867. The minimum Gasteiger partial charge on any atom is -0.424 e. The Hall–Kier alpha value is -0.980. The Kier molecular flexibility index (Phi) is 5.72. The molecule has 0 saturated carbocycles. The summed E-state index contributed by atoms with van der Waals surface area (Å²) in [6.45, 7) is 9.78. The highest BCUT2D eigenvalue weighted by atomic mass is 16.4. The molecule has 1 N–H and O–H groups in total. The maximum absolute atomic E-state index is 9.44. The average molecular weight is 296 g/mol. The highest BCUT2D eigenvalue weighted by Gasteiger charge is 2.24. The summed E-state index contributed by atoms with van der Waals surface area (Å²) in [5.41, 5.74) is 0. The van der Waals surface area contributed by atoms with Crippen LogP contribution in [0.5, 0.6) is 0 Å². The van der Waals surface area contributed by atoms with Crippen molar-refractivity contribution in [1.82, 2.24) is 20.0 Å². The van der Waals surface area contributed by atoms with E-state index in [1.54, 1.807) is 0 Å². The normalized spacial score (nSPS) is 20.9. The average Bonchev–Trinajstić information content (AvgIpc) is 2.86. The van der Waals surface area contributed by atoms with Gasteiger partial charge in [0.15, 0.2) is 0 Å². The first-order chi connectivity index (χ1) is 9.95. The van der Waals surface area contributed by atoms with E-state index in [1.165, 1.54) is 12.8 Å². The molecule has 0 aliphatic carbocycles. The van der Waals surface area contributed by atoms with Crippen LogP contribution in [0.2, 0.25) is 0 Å². The minimum atomic E-state index is -0.231. The number of hydrogen-bond acceptors (Lipinski definition) is 6. The third-order valence-corrected chi connectivity index (χ3v) is 4.34. The van der Waals surface area contributed by atoms with Crippen LogP contribution in [0.3, 0.4) is 0 Å². The van der Waals surface area contributed by atoms with Gasteiger partial charge in [0.25, 0.3) is 0 Å². The van der Waals surface area contributed by atoms with Crippen LogP contribution in [0.1, 0.15) is 44.5 Å². The molecule has 6 heteroatoms. The molecular formula is C15H28N4O2. The Morgan fingerprint density at radius 1 is 1.33 bits per heavy atom. The largest absolute Gasteiger partial charge is 0.424 e. The zero-order valence-corrected chi connectivity index (χ0v) is 13.6. The van der Waals surface area contributed by atoms with Crippen LogP contribution in [0, 0.1) is 12.8 Å². The van der Waals surface area contributed by atoms with Crippen LogP contribution in [-0.2, 0) is 0 Å². The Bertz CT molecular complexity index is 427. The fourth-order valence-electron chi connectivity index (χ4n) is 2.96. The molecule has 6 nitrogen and oxygen atoms in total. The summed E-state index contributed by atoms with van der Waals surface area (Å²) in [5.74, 6) is 2.02. The molecule has 1 aliphatic heterocycles. The predicted octanol–water partition coefficient (Wildman–Crippen LogP) is 1.46. The van der Waals surface area contributed by atoms with E-state index in [4.69, 9.17) is 4.42 Å². The Morgan fingerprint density at radius 2 is 2.00 bits per heavy atom. The molecule has 2 unspecified atom stereocenters. The molecule has 0 aromatic carbocycles. The van der Waals surface area contributed by atoms with Gasteiger partial charge >= 0.3 is 0 Å². The first kappa shape index (κ1) is 16.4. The van der Waals surface area contributed by atoms with Gasteiger partial charge in [0.1, 0.15) is 0 Å². The molecule has 0 radical (unpaired) electrons. The van der Waals surface area contributed by atoms with Crippen LogP contribution in [0.25, 0.3) is 0 Å². The van der Waals surface area contributed by atoms with Crippen LogP contribution < -0.4 is 0 Å². The highest BCUT2D eigenvalue weighted by Crippen LogP contribution is 2.23. The van der Waals surface area contributed by atoms with Crippen LogP contribution in [0.4, 0.5) is 0 Å². The standard InChI is InChI=1S/C15H28N4O2/c1-11(20)9-19-7-5-14(6-8-19)10-18(4)12(2)15-17-16-13(3)21-15/h11-12,14,20H,5-10H2,1-4H3. The molecule has 1 aliphatic rings. The number of rotatable bonds is 6. The minimum absolute atomic E-state index is 0.154. The lowest BCUT2D eigenvalue weighted by atomic mass is 9.95. The number of aromatic nitrogens is 2. The number of hydrogen-bond donors (Lipinski definition) is 1. The third kappa shape index (κ3) is 4.76. The summed E-state index contributed by atoms with van der Waals surface area (Å²) in [5, 5.41) is 17.5. The summed E-state index contributed by atoms with van der Waals surface area (Å²) in [6, 6.07) is 0.154. The molecular weight excluding hydrogens is 268 g/mol. The number of aliphatic hydroxyl groups excluding tert-OH is 1. The van der Waals surface area contributed by atoms with Gasteiger partial charge < -0.3 is 14.4 Å². The topological polar surface area (TPSA) is 65.6 Å². The van der Waals surface area contributed by atoms with Gasteiger partial charge in [-0.3, -0.25) is 4.90 Å². The van der Waals surface area contributed by atoms with E-state index in [0.29, 0.717) is 17.7 Å². The lowest BCUT2D eigenvalue weighted by molar-refractivity contribution is 0.0865. The smallest absolute Gasteiger partial charge is 0.233 e. The predicted molar refractivity (Wildman–Crippen MR) is 80.9 cm³/mol. The van der Waals surface area contributed by atoms with Crippen molar-refractivity contribution in [3.05, 3.63) is 11.8 Å². The highest BCUT2D eigenvalue weighted by molar-refractivity contribution is 4.88. The van der Waals surface area contributed by atoms with Gasteiger partial charge in [0.2, 0.25) is 11.8 Å². The van der Waals surface area contributed by atoms with E-state index in [9.17, 15) is 5.11 Å². The SMILES string of the molecule is Cc1nnc(C(C)N(C)CC2CCN(CC(C)O)CC2)o1.